The molecular formula is C28H55N3O6. The van der Waals surface area contributed by atoms with Crippen molar-refractivity contribution in [2.45, 2.75) is 143 Å². The van der Waals surface area contributed by atoms with Gasteiger partial charge < -0.3 is 30.2 Å². The molecule has 0 aromatic carbocycles. The molecule has 37 heavy (non-hydrogen) atoms. The Labute approximate surface area is 225 Å². The maximum absolute atomic E-state index is 12.5. The average Bonchev–Trinajstić information content (AvgIpc) is 2.80. The first kappa shape index (κ1) is 34.8. The lowest BCUT2D eigenvalue weighted by molar-refractivity contribution is -0.0595. The van der Waals surface area contributed by atoms with Crippen molar-refractivity contribution in [1.29, 1.82) is 0 Å². The Morgan fingerprint density at radius 1 is 0.622 bits per heavy atom. The molecule has 0 rings (SSSR count). The van der Waals surface area contributed by atoms with Crippen molar-refractivity contribution in [2.75, 3.05) is 13.2 Å². The molecule has 0 aliphatic rings. The summed E-state index contributed by atoms with van der Waals surface area (Å²) in [4.78, 5) is 37.1. The van der Waals surface area contributed by atoms with Gasteiger partial charge in [-0.25, -0.2) is 14.4 Å². The predicted molar refractivity (Wildman–Crippen MR) is 148 cm³/mol. The summed E-state index contributed by atoms with van der Waals surface area (Å²) in [5.41, 5.74) is -1.35. The van der Waals surface area contributed by atoms with Crippen molar-refractivity contribution in [1.82, 2.24) is 16.0 Å². The third-order valence-corrected chi connectivity index (χ3v) is 6.26. The Bertz CT molecular complexity index is 647. The molecule has 0 aliphatic carbocycles. The monoisotopic (exact) mass is 529 g/mol. The van der Waals surface area contributed by atoms with E-state index in [2.05, 4.69) is 29.8 Å². The summed E-state index contributed by atoms with van der Waals surface area (Å²) in [5.74, 6) is 0.734. The van der Waals surface area contributed by atoms with Crippen molar-refractivity contribution in [2.24, 2.45) is 5.92 Å². The van der Waals surface area contributed by atoms with E-state index >= 15 is 0 Å². The maximum Gasteiger partial charge on any atom is 0.408 e. The van der Waals surface area contributed by atoms with Gasteiger partial charge in [-0.2, -0.15) is 0 Å². The lowest BCUT2D eigenvalue weighted by Crippen LogP contribution is -2.48. The fraction of sp³-hybridized carbons (Fsp3) is 0.893. The van der Waals surface area contributed by atoms with Gasteiger partial charge in [-0.15, -0.1) is 0 Å². The molecule has 3 N–H and O–H groups in total. The van der Waals surface area contributed by atoms with Gasteiger partial charge in [-0.1, -0.05) is 72.6 Å². The summed E-state index contributed by atoms with van der Waals surface area (Å²) in [5, 5.41) is 8.35. The number of ether oxygens (including phenoxy) is 3. The van der Waals surface area contributed by atoms with Gasteiger partial charge in [0.25, 0.3) is 0 Å². The first-order valence-corrected chi connectivity index (χ1v) is 14.3. The number of hydrogen-bond donors (Lipinski definition) is 3. The van der Waals surface area contributed by atoms with Gasteiger partial charge in [0.15, 0.2) is 5.60 Å². The zero-order valence-electron chi connectivity index (χ0n) is 24.7. The zero-order chi connectivity index (χ0) is 28.3. The molecule has 3 amide bonds. The standard InChI is InChI=1S/C28H55N3O6/c1-9-14-21(4)17-12-13-18-24(7)30-26(33)36-20-28(8,37-27(34)31-23(6)16-11-3)19-35-25(32)29-22(5)15-10-2/h21-24H,9-20H2,1-8H3,(H,29,32)(H,30,33)(H,31,34). The van der Waals surface area contributed by atoms with Crippen LogP contribution in [0.5, 0.6) is 0 Å². The molecule has 0 spiro atoms. The van der Waals surface area contributed by atoms with Crippen LogP contribution in [0, 0.1) is 5.92 Å². The Morgan fingerprint density at radius 3 is 1.49 bits per heavy atom. The van der Waals surface area contributed by atoms with E-state index in [1.807, 2.05) is 34.6 Å². The van der Waals surface area contributed by atoms with Gasteiger partial charge in [-0.3, -0.25) is 0 Å². The van der Waals surface area contributed by atoms with Crippen LogP contribution < -0.4 is 16.0 Å². The van der Waals surface area contributed by atoms with Crippen LogP contribution >= 0.6 is 0 Å². The molecule has 0 saturated carbocycles. The molecule has 9 heteroatoms. The Hall–Kier alpha value is -2.19. The average molecular weight is 530 g/mol. The van der Waals surface area contributed by atoms with E-state index in [1.54, 1.807) is 6.92 Å². The highest BCUT2D eigenvalue weighted by atomic mass is 16.6. The lowest BCUT2D eigenvalue weighted by atomic mass is 9.98. The van der Waals surface area contributed by atoms with E-state index in [-0.39, 0.29) is 31.3 Å². The summed E-state index contributed by atoms with van der Waals surface area (Å²) >= 11 is 0. The fourth-order valence-electron chi connectivity index (χ4n) is 4.14. The molecule has 0 aromatic rings. The van der Waals surface area contributed by atoms with Crippen LogP contribution in [0.1, 0.15) is 120 Å². The largest absolute Gasteiger partial charge is 0.445 e. The number of nitrogens with one attached hydrogen (secondary N) is 3. The number of carbonyl (C=O) groups is 3. The second kappa shape index (κ2) is 19.9. The van der Waals surface area contributed by atoms with Gasteiger partial charge in [0.05, 0.1) is 0 Å². The molecule has 0 aliphatic heterocycles. The predicted octanol–water partition coefficient (Wildman–Crippen LogP) is 6.69. The number of carbonyl (C=O) groups excluding carboxylic acids is 3. The van der Waals surface area contributed by atoms with E-state index in [4.69, 9.17) is 14.2 Å². The Kier molecular flexibility index (Phi) is 18.7. The maximum atomic E-state index is 12.5. The second-order valence-corrected chi connectivity index (χ2v) is 10.9. The molecule has 5 atom stereocenters. The van der Waals surface area contributed by atoms with Crippen LogP contribution in [0.4, 0.5) is 14.4 Å². The minimum atomic E-state index is -1.35. The highest BCUT2D eigenvalue weighted by Crippen LogP contribution is 2.16. The fourth-order valence-corrected chi connectivity index (χ4v) is 4.14. The van der Waals surface area contributed by atoms with Gasteiger partial charge in [0.1, 0.15) is 13.2 Å². The summed E-state index contributed by atoms with van der Waals surface area (Å²) in [6.07, 6.45) is 8.29. The molecule has 5 unspecified atom stereocenters. The van der Waals surface area contributed by atoms with Crippen LogP contribution in [0.15, 0.2) is 0 Å². The number of rotatable bonds is 19. The van der Waals surface area contributed by atoms with E-state index in [9.17, 15) is 14.4 Å². The molecule has 0 bridgehead atoms. The molecule has 218 valence electrons. The molecule has 0 saturated heterocycles. The van der Waals surface area contributed by atoms with Crippen molar-refractivity contribution in [3.63, 3.8) is 0 Å². The molecule has 0 radical (unpaired) electrons. The number of hydrogen-bond acceptors (Lipinski definition) is 6. The first-order valence-electron chi connectivity index (χ1n) is 14.3. The molecule has 0 aromatic heterocycles. The highest BCUT2D eigenvalue weighted by Gasteiger charge is 2.34. The molecular weight excluding hydrogens is 474 g/mol. The minimum Gasteiger partial charge on any atom is -0.445 e. The van der Waals surface area contributed by atoms with Gasteiger partial charge >= 0.3 is 18.3 Å². The van der Waals surface area contributed by atoms with E-state index < -0.39 is 23.9 Å². The quantitative estimate of drug-likeness (QED) is 0.127. The molecule has 0 fully saturated rings. The van der Waals surface area contributed by atoms with Crippen molar-refractivity contribution in [3.8, 4) is 0 Å². The number of amides is 3. The number of alkyl carbamates (subject to hydrolysis) is 3. The summed E-state index contributed by atoms with van der Waals surface area (Å²) in [7, 11) is 0. The SMILES string of the molecule is CCCC(C)CCCCC(C)NC(=O)OCC(C)(COC(=O)NC(C)CCC)OC(=O)NC(C)CCC. The Morgan fingerprint density at radius 2 is 1.03 bits per heavy atom. The zero-order valence-corrected chi connectivity index (χ0v) is 24.7. The van der Waals surface area contributed by atoms with Gasteiger partial charge in [0.2, 0.25) is 0 Å². The Balaban J connectivity index is 4.83. The summed E-state index contributed by atoms with van der Waals surface area (Å²) < 4.78 is 16.3. The molecule has 9 nitrogen and oxygen atoms in total. The van der Waals surface area contributed by atoms with Crippen LogP contribution in [0.2, 0.25) is 0 Å². The topological polar surface area (TPSA) is 115 Å². The van der Waals surface area contributed by atoms with E-state index in [1.165, 1.54) is 19.3 Å². The first-order chi connectivity index (χ1) is 17.4. The summed E-state index contributed by atoms with van der Waals surface area (Å²) in [6.45, 7) is 15.3. The normalized spacial score (nSPS) is 15.9. The summed E-state index contributed by atoms with van der Waals surface area (Å²) in [6, 6.07) is -0.154. The van der Waals surface area contributed by atoms with Crippen LogP contribution in [-0.2, 0) is 14.2 Å². The smallest absolute Gasteiger partial charge is 0.408 e. The van der Waals surface area contributed by atoms with Gasteiger partial charge in [-0.05, 0) is 52.9 Å². The number of unbranched alkanes of at least 4 members (excludes halogenated alkanes) is 1. The van der Waals surface area contributed by atoms with Crippen LogP contribution in [0.25, 0.3) is 0 Å². The van der Waals surface area contributed by atoms with E-state index in [0.717, 1.165) is 50.9 Å². The van der Waals surface area contributed by atoms with Gasteiger partial charge in [0, 0.05) is 18.1 Å². The second-order valence-electron chi connectivity index (χ2n) is 10.9. The van der Waals surface area contributed by atoms with Crippen molar-refractivity contribution < 1.29 is 28.6 Å². The van der Waals surface area contributed by atoms with Crippen molar-refractivity contribution in [3.05, 3.63) is 0 Å². The van der Waals surface area contributed by atoms with Crippen LogP contribution in [0.3, 0.4) is 0 Å². The van der Waals surface area contributed by atoms with E-state index in [0.29, 0.717) is 0 Å². The lowest BCUT2D eigenvalue weighted by Gasteiger charge is -2.29. The third-order valence-electron chi connectivity index (χ3n) is 6.26. The highest BCUT2D eigenvalue weighted by molar-refractivity contribution is 5.69. The van der Waals surface area contributed by atoms with Crippen molar-refractivity contribution >= 4 is 18.3 Å². The minimum absolute atomic E-state index is 0.0403. The van der Waals surface area contributed by atoms with Crippen LogP contribution in [-0.4, -0.2) is 55.2 Å². The third kappa shape index (κ3) is 18.7. The molecule has 0 heterocycles.